The van der Waals surface area contributed by atoms with Crippen molar-refractivity contribution in [2.24, 2.45) is 0 Å². The fourth-order valence-electron chi connectivity index (χ4n) is 2.84. The van der Waals surface area contributed by atoms with Gasteiger partial charge in [-0.25, -0.2) is 0 Å². The molecule has 3 aromatic carbocycles. The molecule has 160 valence electrons. The fraction of sp³-hybridized carbons (Fsp3) is 0.167. The van der Waals surface area contributed by atoms with E-state index >= 15 is 0 Å². The highest BCUT2D eigenvalue weighted by Gasteiger charge is 2.14. The van der Waals surface area contributed by atoms with Crippen LogP contribution in [0.3, 0.4) is 0 Å². The van der Waals surface area contributed by atoms with Crippen molar-refractivity contribution in [2.45, 2.75) is 13.8 Å². The summed E-state index contributed by atoms with van der Waals surface area (Å²) < 4.78 is 11.8. The van der Waals surface area contributed by atoms with Crippen LogP contribution in [-0.4, -0.2) is 25.0 Å². The Hall–Kier alpha value is -3.32. The minimum absolute atomic E-state index is 0.184. The van der Waals surface area contributed by atoms with E-state index < -0.39 is 0 Å². The third-order valence-corrected chi connectivity index (χ3v) is 4.93. The molecule has 0 saturated carbocycles. The summed E-state index contributed by atoms with van der Waals surface area (Å²) >= 11 is 3.42. The summed E-state index contributed by atoms with van der Waals surface area (Å²) in [6.45, 7) is 4.27. The van der Waals surface area contributed by atoms with E-state index in [-0.39, 0.29) is 18.4 Å². The Kier molecular flexibility index (Phi) is 7.67. The lowest BCUT2D eigenvalue weighted by Gasteiger charge is -2.13. The van der Waals surface area contributed by atoms with Gasteiger partial charge >= 0.3 is 0 Å². The van der Waals surface area contributed by atoms with Gasteiger partial charge in [0.05, 0.1) is 22.3 Å². The number of benzene rings is 3. The minimum Gasteiger partial charge on any atom is -0.494 e. The number of rotatable bonds is 8. The van der Waals surface area contributed by atoms with E-state index in [1.807, 2.05) is 26.0 Å². The van der Waals surface area contributed by atoms with Crippen LogP contribution in [0, 0.1) is 6.92 Å². The lowest BCUT2D eigenvalue weighted by Crippen LogP contribution is -2.23. The first-order chi connectivity index (χ1) is 15.0. The topological polar surface area (TPSA) is 76.7 Å². The minimum atomic E-state index is -0.367. The van der Waals surface area contributed by atoms with Gasteiger partial charge in [0.25, 0.3) is 11.8 Å². The number of aryl methyl sites for hydroxylation is 1. The summed E-state index contributed by atoms with van der Waals surface area (Å²) in [4.78, 5) is 25.2. The van der Waals surface area contributed by atoms with E-state index in [2.05, 4.69) is 26.6 Å². The number of nitrogens with one attached hydrogen (secondary N) is 2. The van der Waals surface area contributed by atoms with Gasteiger partial charge in [0.15, 0.2) is 6.61 Å². The molecular formula is C24H23BrN2O4. The summed E-state index contributed by atoms with van der Waals surface area (Å²) in [5.74, 6) is 0.603. The van der Waals surface area contributed by atoms with Gasteiger partial charge < -0.3 is 20.1 Å². The van der Waals surface area contributed by atoms with Crippen LogP contribution < -0.4 is 20.1 Å². The smallest absolute Gasteiger partial charge is 0.262 e. The van der Waals surface area contributed by atoms with Gasteiger partial charge in [0.1, 0.15) is 11.5 Å². The molecule has 6 nitrogen and oxygen atoms in total. The van der Waals surface area contributed by atoms with Crippen LogP contribution in [0.25, 0.3) is 0 Å². The van der Waals surface area contributed by atoms with Crippen LogP contribution in [0.1, 0.15) is 22.8 Å². The molecule has 0 spiro atoms. The van der Waals surface area contributed by atoms with Crippen LogP contribution in [0.5, 0.6) is 11.5 Å². The molecule has 0 unspecified atom stereocenters. The van der Waals surface area contributed by atoms with Crippen LogP contribution in [0.2, 0.25) is 0 Å². The van der Waals surface area contributed by atoms with Gasteiger partial charge in [-0.2, -0.15) is 0 Å². The average Bonchev–Trinajstić information content (AvgIpc) is 2.75. The Labute approximate surface area is 189 Å². The molecular weight excluding hydrogens is 460 g/mol. The molecule has 0 atom stereocenters. The average molecular weight is 483 g/mol. The largest absolute Gasteiger partial charge is 0.494 e. The Morgan fingerprint density at radius 1 is 0.935 bits per heavy atom. The Morgan fingerprint density at radius 3 is 2.39 bits per heavy atom. The van der Waals surface area contributed by atoms with E-state index in [1.165, 1.54) is 0 Å². The van der Waals surface area contributed by atoms with Crippen LogP contribution >= 0.6 is 15.9 Å². The number of hydrogen-bond donors (Lipinski definition) is 2. The first kappa shape index (κ1) is 22.4. The number of hydrogen-bond acceptors (Lipinski definition) is 4. The lowest BCUT2D eigenvalue weighted by molar-refractivity contribution is -0.118. The Balaban J connectivity index is 1.63. The van der Waals surface area contributed by atoms with Gasteiger partial charge in [0.2, 0.25) is 0 Å². The summed E-state index contributed by atoms with van der Waals surface area (Å²) in [7, 11) is 0. The lowest BCUT2D eigenvalue weighted by atomic mass is 10.1. The molecule has 0 aliphatic carbocycles. The van der Waals surface area contributed by atoms with Crippen molar-refractivity contribution in [3.05, 3.63) is 82.3 Å². The second-order valence-electron chi connectivity index (χ2n) is 6.73. The number of carbonyl (C=O) groups excluding carboxylic acids is 2. The van der Waals surface area contributed by atoms with Gasteiger partial charge in [-0.3, -0.25) is 9.59 Å². The maximum absolute atomic E-state index is 12.8. The van der Waals surface area contributed by atoms with Gasteiger partial charge in [-0.15, -0.1) is 0 Å². The van der Waals surface area contributed by atoms with Crippen LogP contribution in [0.4, 0.5) is 11.4 Å². The van der Waals surface area contributed by atoms with Crippen LogP contribution in [0.15, 0.2) is 71.2 Å². The molecule has 0 aromatic heterocycles. The molecule has 2 N–H and O–H groups in total. The molecule has 7 heteroatoms. The zero-order valence-corrected chi connectivity index (χ0v) is 18.9. The summed E-state index contributed by atoms with van der Waals surface area (Å²) in [5.41, 5.74) is 2.46. The third kappa shape index (κ3) is 6.33. The first-order valence-corrected chi connectivity index (χ1v) is 10.6. The standard InChI is InChI=1S/C24H23BrN2O4/c1-3-30-18-11-9-17(10-12-18)26-24(29)19-6-4-5-7-21(19)27-23(28)15-31-22-13-8-16(2)14-20(22)25/h4-14H,3,15H2,1-2H3,(H,26,29)(H,27,28). The zero-order valence-electron chi connectivity index (χ0n) is 17.3. The molecule has 3 rings (SSSR count). The highest BCUT2D eigenvalue weighted by Crippen LogP contribution is 2.26. The predicted octanol–water partition coefficient (Wildman–Crippen LogP) is 5.43. The van der Waals surface area contributed by atoms with Gasteiger partial charge in [-0.1, -0.05) is 18.2 Å². The number of anilines is 2. The molecule has 3 aromatic rings. The third-order valence-electron chi connectivity index (χ3n) is 4.32. The summed E-state index contributed by atoms with van der Waals surface area (Å²) in [6, 6.07) is 19.5. The number of amides is 2. The number of ether oxygens (including phenoxy) is 2. The summed E-state index contributed by atoms with van der Waals surface area (Å²) in [6.07, 6.45) is 0. The maximum Gasteiger partial charge on any atom is 0.262 e. The first-order valence-electron chi connectivity index (χ1n) is 9.78. The highest BCUT2D eigenvalue weighted by molar-refractivity contribution is 9.10. The Morgan fingerprint density at radius 2 is 1.68 bits per heavy atom. The van der Waals surface area contributed by atoms with Gasteiger partial charge in [0, 0.05) is 5.69 Å². The van der Waals surface area contributed by atoms with Crippen molar-refractivity contribution in [1.29, 1.82) is 0 Å². The van der Waals surface area contributed by atoms with Crippen molar-refractivity contribution in [1.82, 2.24) is 0 Å². The molecule has 0 aliphatic heterocycles. The predicted molar refractivity (Wildman–Crippen MR) is 125 cm³/mol. The van der Waals surface area contributed by atoms with E-state index in [0.717, 1.165) is 15.8 Å². The molecule has 31 heavy (non-hydrogen) atoms. The Bertz CT molecular complexity index is 1070. The molecule has 2 amide bonds. The van der Waals surface area contributed by atoms with E-state index in [4.69, 9.17) is 9.47 Å². The molecule has 0 radical (unpaired) electrons. The van der Waals surface area contributed by atoms with Crippen LogP contribution in [-0.2, 0) is 4.79 Å². The van der Waals surface area contributed by atoms with Gasteiger partial charge in [-0.05, 0) is 83.9 Å². The fourth-order valence-corrected chi connectivity index (χ4v) is 3.45. The zero-order chi connectivity index (χ0) is 22.2. The maximum atomic E-state index is 12.8. The molecule has 0 bridgehead atoms. The normalized spacial score (nSPS) is 10.3. The quantitative estimate of drug-likeness (QED) is 0.448. The van der Waals surface area contributed by atoms with Crippen molar-refractivity contribution in [3.63, 3.8) is 0 Å². The number of para-hydroxylation sites is 1. The molecule has 0 aliphatic rings. The molecule has 0 heterocycles. The van der Waals surface area contributed by atoms with E-state index in [0.29, 0.717) is 29.3 Å². The number of halogens is 1. The second-order valence-corrected chi connectivity index (χ2v) is 7.58. The van der Waals surface area contributed by atoms with Crippen molar-refractivity contribution in [3.8, 4) is 11.5 Å². The SMILES string of the molecule is CCOc1ccc(NC(=O)c2ccccc2NC(=O)COc2ccc(C)cc2Br)cc1. The highest BCUT2D eigenvalue weighted by atomic mass is 79.9. The van der Waals surface area contributed by atoms with E-state index in [1.54, 1.807) is 54.6 Å². The van der Waals surface area contributed by atoms with Crippen molar-refractivity contribution in [2.75, 3.05) is 23.8 Å². The second kappa shape index (κ2) is 10.6. The molecule has 0 saturated heterocycles. The molecule has 0 fully saturated rings. The summed E-state index contributed by atoms with van der Waals surface area (Å²) in [5, 5.41) is 5.57. The van der Waals surface area contributed by atoms with E-state index in [9.17, 15) is 9.59 Å². The number of carbonyl (C=O) groups is 2. The van der Waals surface area contributed by atoms with Crippen molar-refractivity contribution < 1.29 is 19.1 Å². The van der Waals surface area contributed by atoms with Crippen molar-refractivity contribution >= 4 is 39.1 Å². The monoisotopic (exact) mass is 482 g/mol.